The normalized spacial score (nSPS) is 11.4. The number of halogens is 1. The molecule has 0 heterocycles. The van der Waals surface area contributed by atoms with Gasteiger partial charge in [-0.15, -0.1) is 0 Å². The zero-order chi connectivity index (χ0) is 15.1. The molecule has 2 nitrogen and oxygen atoms in total. The lowest BCUT2D eigenvalue weighted by atomic mass is 10.1. The van der Waals surface area contributed by atoms with Crippen molar-refractivity contribution in [3.63, 3.8) is 0 Å². The highest BCUT2D eigenvalue weighted by Crippen LogP contribution is 2.21. The van der Waals surface area contributed by atoms with Gasteiger partial charge in [-0.3, -0.25) is 0 Å². The van der Waals surface area contributed by atoms with Crippen LogP contribution in [0.5, 0.6) is 5.75 Å². The van der Waals surface area contributed by atoms with Gasteiger partial charge in [0, 0.05) is 11.6 Å². The van der Waals surface area contributed by atoms with Crippen molar-refractivity contribution in [2.45, 2.75) is 13.0 Å². The van der Waals surface area contributed by atoms with Crippen LogP contribution in [0.3, 0.4) is 0 Å². The first-order valence-electron chi connectivity index (χ1n) is 6.84. The molecule has 0 bridgehead atoms. The van der Waals surface area contributed by atoms with Crippen LogP contribution in [0, 0.1) is 17.7 Å². The average Bonchev–Trinajstić information content (AvgIpc) is 2.53. The molecular formula is C18H18FNO. The molecule has 0 saturated heterocycles. The van der Waals surface area contributed by atoms with Gasteiger partial charge in [-0.2, -0.15) is 0 Å². The highest BCUT2D eigenvalue weighted by Gasteiger charge is 2.08. The Labute approximate surface area is 125 Å². The molecule has 0 aliphatic heterocycles. The zero-order valence-corrected chi connectivity index (χ0v) is 12.2. The van der Waals surface area contributed by atoms with Crippen molar-refractivity contribution in [2.75, 3.05) is 13.7 Å². The lowest BCUT2D eigenvalue weighted by molar-refractivity contribution is 0.347. The first-order valence-corrected chi connectivity index (χ1v) is 6.84. The van der Waals surface area contributed by atoms with Crippen molar-refractivity contribution in [3.05, 3.63) is 65.5 Å². The second kappa shape index (κ2) is 7.47. The van der Waals surface area contributed by atoms with Crippen LogP contribution >= 0.6 is 0 Å². The molecule has 1 N–H and O–H groups in total. The van der Waals surface area contributed by atoms with Crippen molar-refractivity contribution < 1.29 is 9.13 Å². The summed E-state index contributed by atoms with van der Waals surface area (Å²) in [6.45, 7) is 2.13. The van der Waals surface area contributed by atoms with Gasteiger partial charge in [0.25, 0.3) is 0 Å². The number of hydrogen-bond acceptors (Lipinski definition) is 2. The second-order valence-electron chi connectivity index (χ2n) is 4.66. The van der Waals surface area contributed by atoms with Crippen molar-refractivity contribution in [2.24, 2.45) is 0 Å². The van der Waals surface area contributed by atoms with Crippen LogP contribution in [-0.2, 0) is 0 Å². The Hall–Kier alpha value is -2.31. The molecule has 0 aromatic heterocycles. The predicted molar refractivity (Wildman–Crippen MR) is 82.7 cm³/mol. The quantitative estimate of drug-likeness (QED) is 0.867. The molecule has 21 heavy (non-hydrogen) atoms. The Kier molecular flexibility index (Phi) is 5.36. The average molecular weight is 283 g/mol. The summed E-state index contributed by atoms with van der Waals surface area (Å²) in [4.78, 5) is 0. The summed E-state index contributed by atoms with van der Waals surface area (Å²) < 4.78 is 19.3. The summed E-state index contributed by atoms with van der Waals surface area (Å²) in [5, 5.41) is 3.07. The van der Waals surface area contributed by atoms with Crippen LogP contribution in [0.25, 0.3) is 0 Å². The predicted octanol–water partition coefficient (Wildman–Crippen LogP) is 3.54. The zero-order valence-electron chi connectivity index (χ0n) is 12.2. The van der Waals surface area contributed by atoms with E-state index in [4.69, 9.17) is 4.74 Å². The lowest BCUT2D eigenvalue weighted by Gasteiger charge is -2.12. The summed E-state index contributed by atoms with van der Waals surface area (Å²) in [5.41, 5.74) is 1.80. The third kappa shape index (κ3) is 4.34. The maximum Gasteiger partial charge on any atom is 0.165 e. The standard InChI is InChI=1S/C18H18FNO/c1-14(20-2)16-10-11-18(17(19)13-16)21-12-6-9-15-7-4-3-5-8-15/h3-5,7-8,10-11,13-14,20H,12H2,1-2H3. The number of hydrogen-bond donors (Lipinski definition) is 1. The Morgan fingerprint density at radius 1 is 1.19 bits per heavy atom. The Bertz CT molecular complexity index is 643. The van der Waals surface area contributed by atoms with E-state index in [9.17, 15) is 4.39 Å². The number of ether oxygens (including phenoxy) is 1. The van der Waals surface area contributed by atoms with Crippen molar-refractivity contribution in [1.29, 1.82) is 0 Å². The first-order chi connectivity index (χ1) is 10.2. The highest BCUT2D eigenvalue weighted by molar-refractivity contribution is 5.34. The monoisotopic (exact) mass is 283 g/mol. The Morgan fingerprint density at radius 3 is 2.62 bits per heavy atom. The van der Waals surface area contributed by atoms with Gasteiger partial charge in [-0.05, 0) is 43.8 Å². The molecule has 0 spiro atoms. The van der Waals surface area contributed by atoms with E-state index in [0.717, 1.165) is 11.1 Å². The Balaban J connectivity index is 1.97. The largest absolute Gasteiger partial charge is 0.478 e. The smallest absolute Gasteiger partial charge is 0.165 e. The van der Waals surface area contributed by atoms with Gasteiger partial charge in [0.1, 0.15) is 6.61 Å². The first kappa shape index (κ1) is 15.1. The highest BCUT2D eigenvalue weighted by atomic mass is 19.1. The number of nitrogens with one attached hydrogen (secondary N) is 1. The summed E-state index contributed by atoms with van der Waals surface area (Å²) in [6.07, 6.45) is 0. The van der Waals surface area contributed by atoms with Gasteiger partial charge in [0.2, 0.25) is 0 Å². The Morgan fingerprint density at radius 2 is 1.95 bits per heavy atom. The molecule has 2 aromatic carbocycles. The molecule has 1 unspecified atom stereocenters. The van der Waals surface area contributed by atoms with Crippen molar-refractivity contribution in [1.82, 2.24) is 5.32 Å². The van der Waals surface area contributed by atoms with Gasteiger partial charge in [0.05, 0.1) is 0 Å². The van der Waals surface area contributed by atoms with E-state index in [2.05, 4.69) is 17.2 Å². The third-order valence-corrected chi connectivity index (χ3v) is 3.20. The summed E-state index contributed by atoms with van der Waals surface area (Å²) in [7, 11) is 1.84. The van der Waals surface area contributed by atoms with Crippen LogP contribution in [0.15, 0.2) is 48.5 Å². The van der Waals surface area contributed by atoms with Crippen LogP contribution in [0.4, 0.5) is 4.39 Å². The molecule has 108 valence electrons. The molecule has 0 saturated carbocycles. The number of benzene rings is 2. The van der Waals surface area contributed by atoms with E-state index in [1.54, 1.807) is 6.07 Å². The molecule has 0 radical (unpaired) electrons. The SMILES string of the molecule is CNC(C)c1ccc(OCC#Cc2ccccc2)c(F)c1. The van der Waals surface area contributed by atoms with E-state index in [0.29, 0.717) is 0 Å². The minimum Gasteiger partial charge on any atom is -0.478 e. The van der Waals surface area contributed by atoms with E-state index < -0.39 is 0 Å². The third-order valence-electron chi connectivity index (χ3n) is 3.20. The van der Waals surface area contributed by atoms with E-state index in [1.807, 2.05) is 50.4 Å². The summed E-state index contributed by atoms with van der Waals surface area (Å²) in [6, 6.07) is 14.7. The lowest BCUT2D eigenvalue weighted by Crippen LogP contribution is -2.12. The van der Waals surface area contributed by atoms with Crippen LogP contribution in [0.2, 0.25) is 0 Å². The molecule has 3 heteroatoms. The minimum absolute atomic E-state index is 0.103. The number of rotatable bonds is 4. The molecule has 2 rings (SSSR count). The molecule has 2 aromatic rings. The van der Waals surface area contributed by atoms with Gasteiger partial charge in [-0.25, -0.2) is 4.39 Å². The van der Waals surface area contributed by atoms with Gasteiger partial charge in [0.15, 0.2) is 11.6 Å². The molecule has 0 fully saturated rings. The van der Waals surface area contributed by atoms with Gasteiger partial charge < -0.3 is 10.1 Å². The molecule has 1 atom stereocenters. The van der Waals surface area contributed by atoms with Crippen LogP contribution in [-0.4, -0.2) is 13.7 Å². The van der Waals surface area contributed by atoms with Crippen molar-refractivity contribution >= 4 is 0 Å². The van der Waals surface area contributed by atoms with E-state index in [1.165, 1.54) is 6.07 Å². The van der Waals surface area contributed by atoms with Gasteiger partial charge in [-0.1, -0.05) is 36.1 Å². The maximum absolute atomic E-state index is 13.9. The van der Waals surface area contributed by atoms with Crippen LogP contribution < -0.4 is 10.1 Å². The topological polar surface area (TPSA) is 21.3 Å². The van der Waals surface area contributed by atoms with Crippen molar-refractivity contribution in [3.8, 4) is 17.6 Å². The maximum atomic E-state index is 13.9. The van der Waals surface area contributed by atoms with E-state index in [-0.39, 0.29) is 24.2 Å². The molecule has 0 aliphatic rings. The fraction of sp³-hybridized carbons (Fsp3) is 0.222. The summed E-state index contributed by atoms with van der Waals surface area (Å²) >= 11 is 0. The van der Waals surface area contributed by atoms with Gasteiger partial charge >= 0.3 is 0 Å². The summed E-state index contributed by atoms with van der Waals surface area (Å²) in [5.74, 6) is 5.70. The minimum atomic E-state index is -0.365. The fourth-order valence-corrected chi connectivity index (χ4v) is 1.84. The van der Waals surface area contributed by atoms with E-state index >= 15 is 0 Å². The molecular weight excluding hydrogens is 265 g/mol. The van der Waals surface area contributed by atoms with Crippen LogP contribution in [0.1, 0.15) is 24.1 Å². The molecule has 0 amide bonds. The second-order valence-corrected chi connectivity index (χ2v) is 4.66. The molecule has 0 aliphatic carbocycles. The fourth-order valence-electron chi connectivity index (χ4n) is 1.84.